The number of piperidine rings is 2. The molecule has 30 heavy (non-hydrogen) atoms. The number of para-hydroxylation sites is 2. The van der Waals surface area contributed by atoms with Gasteiger partial charge in [-0.25, -0.2) is 4.98 Å². The molecule has 2 fully saturated rings. The number of aliphatic hydroxyl groups excluding tert-OH is 1. The lowest BCUT2D eigenvalue weighted by Crippen LogP contribution is -2.55. The number of likely N-dealkylation sites (tertiary alicyclic amines) is 2. The first-order valence-electron chi connectivity index (χ1n) is 10.6. The van der Waals surface area contributed by atoms with Crippen LogP contribution in [0.4, 0.5) is 0 Å². The number of aromatic nitrogens is 3. The topological polar surface area (TPSA) is 98.5 Å². The number of carbonyl (C=O) groups excluding carboxylic acids is 1. The maximum absolute atomic E-state index is 12.8. The summed E-state index contributed by atoms with van der Waals surface area (Å²) in [4.78, 5) is 25.1. The number of β-amino-alcohol motifs (C(OH)–C–C–N with tert-alkyl or cyclic N) is 1. The molecule has 1 unspecified atom stereocenters. The summed E-state index contributed by atoms with van der Waals surface area (Å²) in [5.74, 6) is 1.44. The number of aromatic amines is 1. The van der Waals surface area contributed by atoms with Gasteiger partial charge in [0.05, 0.1) is 23.7 Å². The van der Waals surface area contributed by atoms with Crippen LogP contribution in [0.25, 0.3) is 11.0 Å². The van der Waals surface area contributed by atoms with E-state index in [1.807, 2.05) is 24.3 Å². The Bertz CT molecular complexity index is 1020. The molecule has 1 atom stereocenters. The van der Waals surface area contributed by atoms with Crippen molar-refractivity contribution >= 4 is 16.9 Å². The van der Waals surface area contributed by atoms with Crippen molar-refractivity contribution in [2.75, 3.05) is 26.2 Å². The van der Waals surface area contributed by atoms with E-state index in [2.05, 4.69) is 20.0 Å². The lowest BCUT2D eigenvalue weighted by molar-refractivity contribution is -0.0342. The number of aryl methyl sites for hydroxylation is 1. The third kappa shape index (κ3) is 3.73. The highest BCUT2D eigenvalue weighted by Gasteiger charge is 2.43. The van der Waals surface area contributed by atoms with Crippen LogP contribution in [0.1, 0.15) is 41.3 Å². The number of carbonyl (C=O) groups is 1. The van der Waals surface area contributed by atoms with Crippen molar-refractivity contribution in [2.24, 2.45) is 5.41 Å². The fraction of sp³-hybridized carbons (Fsp3) is 0.500. The third-order valence-electron chi connectivity index (χ3n) is 6.49. The normalized spacial score (nSPS) is 22.1. The van der Waals surface area contributed by atoms with Gasteiger partial charge in [-0.2, -0.15) is 0 Å². The Morgan fingerprint density at radius 2 is 2.13 bits per heavy atom. The summed E-state index contributed by atoms with van der Waals surface area (Å²) in [6.07, 6.45) is 2.14. The molecule has 0 radical (unpaired) electrons. The van der Waals surface area contributed by atoms with E-state index in [-0.39, 0.29) is 11.3 Å². The van der Waals surface area contributed by atoms with Crippen molar-refractivity contribution in [1.29, 1.82) is 0 Å². The number of aliphatic hydroxyl groups is 1. The van der Waals surface area contributed by atoms with E-state index in [1.54, 1.807) is 17.9 Å². The number of hydrogen-bond acceptors (Lipinski definition) is 6. The summed E-state index contributed by atoms with van der Waals surface area (Å²) in [5, 5.41) is 14.4. The van der Waals surface area contributed by atoms with Crippen molar-refractivity contribution < 1.29 is 14.4 Å². The second-order valence-corrected chi connectivity index (χ2v) is 8.84. The van der Waals surface area contributed by atoms with Gasteiger partial charge >= 0.3 is 0 Å². The van der Waals surface area contributed by atoms with Gasteiger partial charge in [0.1, 0.15) is 11.6 Å². The van der Waals surface area contributed by atoms with Crippen molar-refractivity contribution in [1.82, 2.24) is 24.9 Å². The van der Waals surface area contributed by atoms with E-state index in [1.165, 1.54) is 0 Å². The molecule has 1 aromatic carbocycles. The Kier molecular flexibility index (Phi) is 4.83. The smallest absolute Gasteiger partial charge is 0.276 e. The Morgan fingerprint density at radius 1 is 1.33 bits per heavy atom. The number of H-pyrrole nitrogens is 1. The molecule has 2 saturated heterocycles. The summed E-state index contributed by atoms with van der Waals surface area (Å²) >= 11 is 0. The fourth-order valence-corrected chi connectivity index (χ4v) is 4.98. The second-order valence-electron chi connectivity index (χ2n) is 8.84. The van der Waals surface area contributed by atoms with Crippen LogP contribution < -0.4 is 0 Å². The second kappa shape index (κ2) is 7.52. The number of benzene rings is 1. The molecule has 1 spiro atoms. The molecule has 1 amide bonds. The number of imidazole rings is 1. The Labute approximate surface area is 174 Å². The van der Waals surface area contributed by atoms with E-state index >= 15 is 0 Å². The first-order chi connectivity index (χ1) is 14.5. The molecule has 8 nitrogen and oxygen atoms in total. The van der Waals surface area contributed by atoms with Gasteiger partial charge in [-0.05, 0) is 56.8 Å². The monoisotopic (exact) mass is 409 g/mol. The molecule has 2 aromatic heterocycles. The minimum atomic E-state index is -0.502. The summed E-state index contributed by atoms with van der Waals surface area (Å²) in [7, 11) is 0. The summed E-state index contributed by atoms with van der Waals surface area (Å²) in [6, 6.07) is 9.73. The molecular formula is C22H27N5O3. The predicted molar refractivity (Wildman–Crippen MR) is 111 cm³/mol. The molecule has 3 aromatic rings. The minimum Gasteiger partial charge on any atom is -0.391 e. The van der Waals surface area contributed by atoms with Crippen LogP contribution in [-0.4, -0.2) is 68.2 Å². The summed E-state index contributed by atoms with van der Waals surface area (Å²) in [5.41, 5.74) is 2.33. The molecule has 158 valence electrons. The zero-order chi connectivity index (χ0) is 20.7. The molecule has 0 bridgehead atoms. The molecule has 5 rings (SSSR count). The van der Waals surface area contributed by atoms with Gasteiger partial charge < -0.3 is 19.5 Å². The number of hydrogen-bond donors (Lipinski definition) is 2. The third-order valence-corrected chi connectivity index (χ3v) is 6.49. The van der Waals surface area contributed by atoms with E-state index in [4.69, 9.17) is 4.52 Å². The number of amides is 1. The average molecular weight is 409 g/mol. The lowest BCUT2D eigenvalue weighted by atomic mass is 9.71. The van der Waals surface area contributed by atoms with Crippen LogP contribution in [-0.2, 0) is 6.54 Å². The summed E-state index contributed by atoms with van der Waals surface area (Å²) < 4.78 is 5.06. The zero-order valence-electron chi connectivity index (χ0n) is 17.2. The van der Waals surface area contributed by atoms with Gasteiger partial charge in [-0.15, -0.1) is 0 Å². The predicted octanol–water partition coefficient (Wildman–Crippen LogP) is 2.35. The zero-order valence-corrected chi connectivity index (χ0v) is 17.2. The summed E-state index contributed by atoms with van der Waals surface area (Å²) in [6.45, 7) is 5.43. The molecule has 0 saturated carbocycles. The van der Waals surface area contributed by atoms with E-state index in [9.17, 15) is 9.90 Å². The Morgan fingerprint density at radius 3 is 2.87 bits per heavy atom. The highest BCUT2D eigenvalue weighted by atomic mass is 16.5. The largest absolute Gasteiger partial charge is 0.391 e. The number of fused-ring (bicyclic) bond motifs is 1. The maximum atomic E-state index is 12.8. The lowest BCUT2D eigenvalue weighted by Gasteiger charge is -2.48. The van der Waals surface area contributed by atoms with E-state index < -0.39 is 6.10 Å². The van der Waals surface area contributed by atoms with Crippen molar-refractivity contribution in [3.63, 3.8) is 0 Å². The molecule has 8 heteroatoms. The van der Waals surface area contributed by atoms with E-state index in [0.29, 0.717) is 24.5 Å². The van der Waals surface area contributed by atoms with Gasteiger partial charge in [0.2, 0.25) is 0 Å². The van der Waals surface area contributed by atoms with Gasteiger partial charge in [0.25, 0.3) is 5.91 Å². The van der Waals surface area contributed by atoms with Crippen molar-refractivity contribution in [2.45, 2.75) is 38.8 Å². The first kappa shape index (κ1) is 19.3. The average Bonchev–Trinajstić information content (AvgIpc) is 3.34. The van der Waals surface area contributed by atoms with Crippen LogP contribution in [0.15, 0.2) is 34.9 Å². The standard InChI is InChI=1S/C22H27N5O3/c1-15-10-19(25-30-15)21(29)27-12-16(28)11-22(14-27)6-8-26(9-7-22)13-20-23-17-4-2-3-5-18(17)24-20/h2-5,10,16,28H,6-9,11-14H2,1H3,(H,23,24). The minimum absolute atomic E-state index is 0.0452. The van der Waals surface area contributed by atoms with Crippen LogP contribution in [0.3, 0.4) is 0 Å². The van der Waals surface area contributed by atoms with Crippen LogP contribution in [0.2, 0.25) is 0 Å². The quantitative estimate of drug-likeness (QED) is 0.689. The SMILES string of the molecule is Cc1cc(C(=O)N2CC(O)CC3(CCN(Cc4nc5ccccc5[nH]4)CC3)C2)no1. The molecule has 2 aliphatic rings. The van der Waals surface area contributed by atoms with Gasteiger partial charge in [-0.3, -0.25) is 9.69 Å². The number of rotatable bonds is 3. The Hall–Kier alpha value is -2.71. The van der Waals surface area contributed by atoms with Crippen molar-refractivity contribution in [3.05, 3.63) is 47.6 Å². The van der Waals surface area contributed by atoms with Gasteiger partial charge in [0, 0.05) is 19.2 Å². The van der Waals surface area contributed by atoms with Crippen LogP contribution in [0, 0.1) is 12.3 Å². The van der Waals surface area contributed by atoms with Crippen LogP contribution in [0.5, 0.6) is 0 Å². The molecule has 2 N–H and O–H groups in total. The fourth-order valence-electron chi connectivity index (χ4n) is 4.98. The van der Waals surface area contributed by atoms with Gasteiger partial charge in [-0.1, -0.05) is 17.3 Å². The van der Waals surface area contributed by atoms with E-state index in [0.717, 1.165) is 55.8 Å². The highest BCUT2D eigenvalue weighted by Crippen LogP contribution is 2.40. The molecule has 0 aliphatic carbocycles. The Balaban J connectivity index is 1.24. The maximum Gasteiger partial charge on any atom is 0.276 e. The van der Waals surface area contributed by atoms with Crippen molar-refractivity contribution in [3.8, 4) is 0 Å². The van der Waals surface area contributed by atoms with Gasteiger partial charge in [0.15, 0.2) is 5.69 Å². The number of nitrogens with zero attached hydrogens (tertiary/aromatic N) is 4. The number of nitrogens with one attached hydrogen (secondary N) is 1. The molecule has 4 heterocycles. The highest BCUT2D eigenvalue weighted by molar-refractivity contribution is 5.92. The molecule has 2 aliphatic heterocycles. The first-order valence-corrected chi connectivity index (χ1v) is 10.6. The molecular weight excluding hydrogens is 382 g/mol. The van der Waals surface area contributed by atoms with Crippen LogP contribution >= 0.6 is 0 Å².